The summed E-state index contributed by atoms with van der Waals surface area (Å²) in [7, 11) is 0. The Bertz CT molecular complexity index is 2380. The van der Waals surface area contributed by atoms with Gasteiger partial charge in [-0.2, -0.15) is 0 Å². The van der Waals surface area contributed by atoms with Crippen LogP contribution in [0.4, 0.5) is 34.1 Å². The van der Waals surface area contributed by atoms with E-state index in [0.29, 0.717) is 0 Å². The quantitative estimate of drug-likeness (QED) is 0.145. The summed E-state index contributed by atoms with van der Waals surface area (Å²) in [5, 5.41) is 6.71. The largest absolute Gasteiger partial charge is 0.487 e. The first-order valence-electron chi connectivity index (χ1n) is 19.7. The second-order valence-corrected chi connectivity index (χ2v) is 17.3. The molecule has 0 aromatic heterocycles. The van der Waals surface area contributed by atoms with Gasteiger partial charge in [0.15, 0.2) is 0 Å². The smallest absolute Gasteiger partial charge is 0.130 e. The van der Waals surface area contributed by atoms with Crippen LogP contribution in [0.2, 0.25) is 0 Å². The number of hydrogen-bond donors (Lipinski definition) is 0. The molecule has 0 fully saturated rings. The van der Waals surface area contributed by atoms with Gasteiger partial charge in [-0.1, -0.05) is 82.9 Å². The summed E-state index contributed by atoms with van der Waals surface area (Å²) in [4.78, 5) is 4.75. The van der Waals surface area contributed by atoms with Gasteiger partial charge >= 0.3 is 0 Å². The molecule has 0 aliphatic rings. The van der Waals surface area contributed by atoms with Crippen LogP contribution in [0.25, 0.3) is 32.3 Å². The fourth-order valence-corrected chi connectivity index (χ4v) is 7.72. The van der Waals surface area contributed by atoms with Crippen molar-refractivity contribution in [1.82, 2.24) is 0 Å². The molecule has 0 bridgehead atoms. The summed E-state index contributed by atoms with van der Waals surface area (Å²) in [6, 6.07) is 48.8. The molecule has 8 rings (SSSR count). The lowest BCUT2D eigenvalue weighted by Crippen LogP contribution is -2.24. The SMILES string of the molecule is Cc1ccc(N(c2ccc(C)cc2)c2cc(OC(C)(C)C)c3ccc4c(N(c5ccc(C)cc5)c5ccc(C)cc5)cc(OC(C)(C)C)c5ccc2c3c54)cc1. The maximum absolute atomic E-state index is 6.94. The number of hydrogen-bond acceptors (Lipinski definition) is 4. The zero-order chi connectivity index (χ0) is 39.5. The second-order valence-electron chi connectivity index (χ2n) is 17.3. The molecule has 0 amide bonds. The highest BCUT2D eigenvalue weighted by Gasteiger charge is 2.28. The molecule has 0 N–H and O–H groups in total. The molecular formula is C52H52N2O2. The van der Waals surface area contributed by atoms with E-state index in [1.807, 2.05) is 0 Å². The Morgan fingerprint density at radius 2 is 0.589 bits per heavy atom. The highest BCUT2D eigenvalue weighted by molar-refractivity contribution is 6.30. The normalized spacial score (nSPS) is 12.1. The van der Waals surface area contributed by atoms with Crippen molar-refractivity contribution in [2.24, 2.45) is 0 Å². The molecule has 4 heteroatoms. The third kappa shape index (κ3) is 7.12. The number of anilines is 6. The van der Waals surface area contributed by atoms with E-state index < -0.39 is 11.2 Å². The Labute approximate surface area is 332 Å². The van der Waals surface area contributed by atoms with Crippen molar-refractivity contribution in [3.8, 4) is 11.5 Å². The van der Waals surface area contributed by atoms with E-state index >= 15 is 0 Å². The van der Waals surface area contributed by atoms with Gasteiger partial charge in [0, 0.05) is 67.2 Å². The molecule has 0 heterocycles. The minimum Gasteiger partial charge on any atom is -0.487 e. The molecule has 8 aromatic carbocycles. The Balaban J connectivity index is 1.52. The zero-order valence-corrected chi connectivity index (χ0v) is 34.4. The summed E-state index contributed by atoms with van der Waals surface area (Å²) in [5.74, 6) is 1.69. The summed E-state index contributed by atoms with van der Waals surface area (Å²) < 4.78 is 13.9. The summed E-state index contributed by atoms with van der Waals surface area (Å²) in [6.45, 7) is 21.3. The molecule has 0 saturated heterocycles. The van der Waals surface area contributed by atoms with Gasteiger partial charge in [-0.25, -0.2) is 0 Å². The van der Waals surface area contributed by atoms with Crippen LogP contribution in [0.3, 0.4) is 0 Å². The monoisotopic (exact) mass is 736 g/mol. The Morgan fingerprint density at radius 3 is 0.839 bits per heavy atom. The molecule has 0 unspecified atom stereocenters. The van der Waals surface area contributed by atoms with Gasteiger partial charge in [-0.3, -0.25) is 0 Å². The summed E-state index contributed by atoms with van der Waals surface area (Å²) in [5.41, 5.74) is 10.4. The van der Waals surface area contributed by atoms with Crippen molar-refractivity contribution in [3.05, 3.63) is 156 Å². The minimum absolute atomic E-state index is 0.432. The Kier molecular flexibility index (Phi) is 9.20. The molecule has 0 aliphatic heterocycles. The van der Waals surface area contributed by atoms with E-state index in [-0.39, 0.29) is 0 Å². The van der Waals surface area contributed by atoms with Gasteiger partial charge in [-0.15, -0.1) is 0 Å². The standard InChI is InChI=1S/C52H52N2O2/c1-33-11-19-37(20-12-33)53(38-21-13-34(2)14-22-38)45-31-47(55-51(5,6)7)43-30-28-42-46(32-48(56-52(8,9)10)44-29-27-41(45)49(43)50(42)44)54(39-23-15-35(3)16-24-39)40-25-17-36(4)18-26-40/h11-32H,1-10H3. The fraction of sp³-hybridized carbons (Fsp3) is 0.231. The molecule has 56 heavy (non-hydrogen) atoms. The highest BCUT2D eigenvalue weighted by Crippen LogP contribution is 2.52. The number of aryl methyl sites for hydroxylation is 4. The van der Waals surface area contributed by atoms with Crippen LogP contribution < -0.4 is 19.3 Å². The predicted octanol–water partition coefficient (Wildman–Crippen LogP) is 15.1. The van der Waals surface area contributed by atoms with Crippen LogP contribution in [0, 0.1) is 27.7 Å². The number of rotatable bonds is 8. The zero-order valence-electron chi connectivity index (χ0n) is 34.4. The van der Waals surface area contributed by atoms with Crippen LogP contribution >= 0.6 is 0 Å². The van der Waals surface area contributed by atoms with Crippen molar-refractivity contribution < 1.29 is 9.47 Å². The molecule has 282 valence electrons. The lowest BCUT2D eigenvalue weighted by Gasteiger charge is -2.32. The van der Waals surface area contributed by atoms with Crippen molar-refractivity contribution in [2.45, 2.75) is 80.4 Å². The van der Waals surface area contributed by atoms with Gasteiger partial charge < -0.3 is 19.3 Å². The van der Waals surface area contributed by atoms with Crippen LogP contribution in [0.5, 0.6) is 11.5 Å². The van der Waals surface area contributed by atoms with Crippen LogP contribution in [0.15, 0.2) is 133 Å². The van der Waals surface area contributed by atoms with E-state index in [0.717, 1.165) is 77.9 Å². The van der Waals surface area contributed by atoms with Gasteiger partial charge in [-0.05, 0) is 130 Å². The molecule has 8 aromatic rings. The predicted molar refractivity (Wildman–Crippen MR) is 239 cm³/mol. The van der Waals surface area contributed by atoms with Gasteiger partial charge in [0.2, 0.25) is 0 Å². The van der Waals surface area contributed by atoms with E-state index in [1.165, 1.54) is 22.3 Å². The average molecular weight is 737 g/mol. The third-order valence-corrected chi connectivity index (χ3v) is 10.3. The number of ether oxygens (including phenoxy) is 2. The molecule has 0 spiro atoms. The summed E-state index contributed by atoms with van der Waals surface area (Å²) in [6.07, 6.45) is 0. The maximum Gasteiger partial charge on any atom is 0.130 e. The third-order valence-electron chi connectivity index (χ3n) is 10.3. The van der Waals surface area contributed by atoms with Crippen molar-refractivity contribution in [1.29, 1.82) is 0 Å². The topological polar surface area (TPSA) is 24.9 Å². The molecule has 0 atom stereocenters. The van der Waals surface area contributed by atoms with E-state index in [2.05, 4.69) is 212 Å². The first-order valence-corrected chi connectivity index (χ1v) is 19.7. The molecule has 0 saturated carbocycles. The van der Waals surface area contributed by atoms with Gasteiger partial charge in [0.05, 0.1) is 11.4 Å². The maximum atomic E-state index is 6.94. The van der Waals surface area contributed by atoms with E-state index in [4.69, 9.17) is 9.47 Å². The van der Waals surface area contributed by atoms with Gasteiger partial charge in [0.25, 0.3) is 0 Å². The lowest BCUT2D eigenvalue weighted by atomic mass is 9.90. The Hall–Kier alpha value is -6.00. The van der Waals surface area contributed by atoms with Crippen molar-refractivity contribution in [2.75, 3.05) is 9.80 Å². The first kappa shape index (κ1) is 36.9. The Morgan fingerprint density at radius 1 is 0.339 bits per heavy atom. The van der Waals surface area contributed by atoms with Crippen molar-refractivity contribution >= 4 is 66.4 Å². The van der Waals surface area contributed by atoms with E-state index in [9.17, 15) is 0 Å². The van der Waals surface area contributed by atoms with Crippen LogP contribution in [-0.2, 0) is 0 Å². The van der Waals surface area contributed by atoms with Crippen molar-refractivity contribution in [3.63, 3.8) is 0 Å². The highest BCUT2D eigenvalue weighted by atomic mass is 16.5. The van der Waals surface area contributed by atoms with Crippen LogP contribution in [-0.4, -0.2) is 11.2 Å². The average Bonchev–Trinajstić information content (AvgIpc) is 3.14. The lowest BCUT2D eigenvalue weighted by molar-refractivity contribution is 0.132. The molecule has 0 aliphatic carbocycles. The minimum atomic E-state index is -0.432. The fourth-order valence-electron chi connectivity index (χ4n) is 7.72. The van der Waals surface area contributed by atoms with Crippen LogP contribution in [0.1, 0.15) is 63.8 Å². The van der Waals surface area contributed by atoms with E-state index in [1.54, 1.807) is 0 Å². The molecule has 0 radical (unpaired) electrons. The first-order chi connectivity index (χ1) is 26.6. The van der Waals surface area contributed by atoms with Gasteiger partial charge in [0.1, 0.15) is 22.7 Å². The number of benzene rings is 8. The second kappa shape index (κ2) is 13.9. The molecule has 4 nitrogen and oxygen atoms in total. The summed E-state index contributed by atoms with van der Waals surface area (Å²) >= 11 is 0. The molecular weight excluding hydrogens is 685 g/mol. The number of nitrogens with zero attached hydrogens (tertiary/aromatic N) is 2.